The Labute approximate surface area is 202 Å². The van der Waals surface area contributed by atoms with Gasteiger partial charge in [0.05, 0.1) is 10.9 Å². The minimum atomic E-state index is -5.12. The highest BCUT2D eigenvalue weighted by Crippen LogP contribution is 2.31. The Morgan fingerprint density at radius 2 is 1.58 bits per heavy atom. The van der Waals surface area contributed by atoms with E-state index in [4.69, 9.17) is 21.4 Å². The summed E-state index contributed by atoms with van der Waals surface area (Å²) in [4.78, 5) is 11.4. The van der Waals surface area contributed by atoms with Crippen LogP contribution in [-0.4, -0.2) is 41.1 Å². The Morgan fingerprint density at radius 3 is 2.11 bits per heavy atom. The Morgan fingerprint density at radius 1 is 1.03 bits per heavy atom. The van der Waals surface area contributed by atoms with Crippen LogP contribution in [0.25, 0.3) is 0 Å². The smallest absolute Gasteiger partial charge is 0.289 e. The van der Waals surface area contributed by atoms with Gasteiger partial charge < -0.3 is 21.4 Å². The maximum Gasteiger partial charge on any atom is 0.289 e. The summed E-state index contributed by atoms with van der Waals surface area (Å²) in [5.41, 5.74) is 12.0. The van der Waals surface area contributed by atoms with Gasteiger partial charge in [-0.25, -0.2) is 13.2 Å². The van der Waals surface area contributed by atoms with Crippen LogP contribution in [0.1, 0.15) is 11.1 Å². The number of rotatable bonds is 8. The van der Waals surface area contributed by atoms with Gasteiger partial charge in [0, 0.05) is 5.56 Å². The monoisotopic (exact) mass is 524 g/mol. The van der Waals surface area contributed by atoms with Crippen LogP contribution >= 0.6 is 0 Å². The van der Waals surface area contributed by atoms with E-state index in [-0.39, 0.29) is 18.0 Å². The standard InChI is InChI=1S/C22H19F3N4O6S/c23-14-5-7-15(8-6-14)35-20-17(24)10-16(11-18(20)25)36(33,34)29(32)22(30)19(26)9-12-1-3-13(4-2-12)21(27)28-31/h1-8,10-11,19,31-32H,9,26H2,(H2,27,28)/t19-/m1/s1. The van der Waals surface area contributed by atoms with E-state index in [0.29, 0.717) is 23.3 Å². The molecule has 10 nitrogen and oxygen atoms in total. The molecule has 3 aromatic carbocycles. The number of oxime groups is 1. The number of amides is 1. The van der Waals surface area contributed by atoms with Crippen LogP contribution in [0, 0.1) is 17.5 Å². The molecule has 3 aromatic rings. The average molecular weight is 524 g/mol. The molecule has 0 fully saturated rings. The van der Waals surface area contributed by atoms with Crippen LogP contribution in [0.5, 0.6) is 11.5 Å². The second kappa shape index (κ2) is 10.6. The highest BCUT2D eigenvalue weighted by Gasteiger charge is 2.33. The number of hydrogen-bond acceptors (Lipinski definition) is 8. The van der Waals surface area contributed by atoms with Crippen molar-refractivity contribution in [1.82, 2.24) is 4.47 Å². The van der Waals surface area contributed by atoms with Crippen molar-refractivity contribution in [3.05, 3.63) is 89.2 Å². The Bertz CT molecular complexity index is 1380. The predicted octanol–water partition coefficient (Wildman–Crippen LogP) is 2.47. The number of sulfonamides is 1. The zero-order valence-corrected chi connectivity index (χ0v) is 19.0. The summed E-state index contributed by atoms with van der Waals surface area (Å²) < 4.78 is 71.5. The topological polar surface area (TPSA) is 169 Å². The zero-order valence-electron chi connectivity index (χ0n) is 18.2. The number of nitrogens with zero attached hydrogens (tertiary/aromatic N) is 2. The summed E-state index contributed by atoms with van der Waals surface area (Å²) in [5, 5.41) is 21.6. The Balaban J connectivity index is 1.77. The maximum absolute atomic E-state index is 14.5. The molecule has 0 aliphatic carbocycles. The lowest BCUT2D eigenvalue weighted by atomic mass is 10.0. The van der Waals surface area contributed by atoms with E-state index in [2.05, 4.69) is 5.16 Å². The Hall–Kier alpha value is -4.14. The molecule has 0 saturated carbocycles. The molecule has 0 heterocycles. The van der Waals surface area contributed by atoms with Crippen molar-refractivity contribution in [2.75, 3.05) is 0 Å². The molecule has 36 heavy (non-hydrogen) atoms. The average Bonchev–Trinajstić information content (AvgIpc) is 2.86. The fourth-order valence-corrected chi connectivity index (χ4v) is 4.05. The number of benzene rings is 3. The molecule has 14 heteroatoms. The number of nitrogens with two attached hydrogens (primary N) is 2. The first-order chi connectivity index (χ1) is 16.9. The van der Waals surface area contributed by atoms with Gasteiger partial charge in [0.2, 0.25) is 0 Å². The molecule has 1 amide bonds. The second-order valence-electron chi connectivity index (χ2n) is 7.35. The van der Waals surface area contributed by atoms with Gasteiger partial charge in [-0.15, -0.1) is 4.47 Å². The molecule has 0 unspecified atom stereocenters. The number of hydrogen-bond donors (Lipinski definition) is 4. The first kappa shape index (κ1) is 26.5. The van der Waals surface area contributed by atoms with E-state index in [0.717, 1.165) is 24.3 Å². The third-order valence-corrected chi connectivity index (χ3v) is 6.32. The van der Waals surface area contributed by atoms with E-state index in [1.807, 2.05) is 0 Å². The molecule has 190 valence electrons. The molecular weight excluding hydrogens is 505 g/mol. The van der Waals surface area contributed by atoms with E-state index in [9.17, 15) is 31.6 Å². The molecular formula is C22H19F3N4O6S. The number of carbonyl (C=O) groups excluding carboxylic acids is 1. The summed E-state index contributed by atoms with van der Waals surface area (Å²) in [5.74, 6) is -6.29. The number of hydroxylamine groups is 1. The fraction of sp³-hybridized carbons (Fsp3) is 0.0909. The molecule has 0 saturated heterocycles. The predicted molar refractivity (Wildman–Crippen MR) is 119 cm³/mol. The highest BCUT2D eigenvalue weighted by atomic mass is 32.2. The molecule has 1 atom stereocenters. The van der Waals surface area contributed by atoms with Crippen LogP contribution in [0.2, 0.25) is 0 Å². The number of carbonyl (C=O) groups is 1. The van der Waals surface area contributed by atoms with Crippen molar-refractivity contribution in [2.24, 2.45) is 16.6 Å². The van der Waals surface area contributed by atoms with E-state index < -0.39 is 54.5 Å². The maximum atomic E-state index is 14.5. The van der Waals surface area contributed by atoms with Crippen molar-refractivity contribution >= 4 is 21.8 Å². The van der Waals surface area contributed by atoms with Crippen molar-refractivity contribution in [3.63, 3.8) is 0 Å². The van der Waals surface area contributed by atoms with Crippen molar-refractivity contribution < 1.29 is 41.5 Å². The van der Waals surface area contributed by atoms with Gasteiger partial charge in [-0.1, -0.05) is 29.4 Å². The van der Waals surface area contributed by atoms with Gasteiger partial charge in [-0.05, 0) is 48.4 Å². The molecule has 0 aromatic heterocycles. The number of halogens is 3. The van der Waals surface area contributed by atoms with Crippen LogP contribution in [0.15, 0.2) is 70.7 Å². The van der Waals surface area contributed by atoms with Crippen LogP contribution in [0.4, 0.5) is 13.2 Å². The first-order valence-electron chi connectivity index (χ1n) is 9.97. The van der Waals surface area contributed by atoms with Gasteiger partial charge >= 0.3 is 0 Å². The molecule has 0 aliphatic rings. The highest BCUT2D eigenvalue weighted by molar-refractivity contribution is 7.89. The van der Waals surface area contributed by atoms with E-state index >= 15 is 0 Å². The minimum absolute atomic E-state index is 0.130. The Kier molecular flexibility index (Phi) is 7.82. The summed E-state index contributed by atoms with van der Waals surface area (Å²) in [7, 11) is -5.12. The van der Waals surface area contributed by atoms with E-state index in [1.165, 1.54) is 24.3 Å². The summed E-state index contributed by atoms with van der Waals surface area (Å²) in [6, 6.07) is 9.13. The molecule has 6 N–H and O–H groups in total. The SMILES string of the molecule is N/C(=N\O)c1ccc(C[C@@H](N)C(=O)N(O)S(=O)(=O)c2cc(F)c(Oc3ccc(F)cc3)c(F)c2)cc1. The minimum Gasteiger partial charge on any atom is -0.451 e. The third kappa shape index (κ3) is 5.73. The lowest BCUT2D eigenvalue weighted by Crippen LogP contribution is -2.46. The molecule has 3 rings (SSSR count). The molecule has 0 aliphatic heterocycles. The second-order valence-corrected chi connectivity index (χ2v) is 9.12. The van der Waals surface area contributed by atoms with Gasteiger partial charge in [-0.2, -0.15) is 8.42 Å². The van der Waals surface area contributed by atoms with Crippen LogP contribution in [-0.2, 0) is 21.2 Å². The van der Waals surface area contributed by atoms with Crippen molar-refractivity contribution in [1.29, 1.82) is 0 Å². The zero-order chi connectivity index (χ0) is 26.6. The fourth-order valence-electron chi connectivity index (χ4n) is 2.97. The molecule has 0 radical (unpaired) electrons. The molecule has 0 spiro atoms. The largest absolute Gasteiger partial charge is 0.451 e. The third-order valence-electron chi connectivity index (χ3n) is 4.85. The van der Waals surface area contributed by atoms with Crippen LogP contribution in [0.3, 0.4) is 0 Å². The number of amidine groups is 1. The van der Waals surface area contributed by atoms with Gasteiger partial charge in [0.1, 0.15) is 11.6 Å². The molecule has 0 bridgehead atoms. The van der Waals surface area contributed by atoms with Crippen LogP contribution < -0.4 is 16.2 Å². The van der Waals surface area contributed by atoms with Crippen molar-refractivity contribution in [2.45, 2.75) is 17.4 Å². The normalized spacial score (nSPS) is 12.8. The van der Waals surface area contributed by atoms with Gasteiger partial charge in [0.25, 0.3) is 15.9 Å². The number of ether oxygens (including phenoxy) is 1. The quantitative estimate of drug-likeness (QED) is 0.115. The summed E-state index contributed by atoms with van der Waals surface area (Å²) >= 11 is 0. The lowest BCUT2D eigenvalue weighted by molar-refractivity contribution is -0.147. The van der Waals surface area contributed by atoms with E-state index in [1.54, 1.807) is 0 Å². The summed E-state index contributed by atoms with van der Waals surface area (Å²) in [6.45, 7) is 0. The summed E-state index contributed by atoms with van der Waals surface area (Å²) in [6.07, 6.45) is -0.227. The first-order valence-corrected chi connectivity index (χ1v) is 11.4. The lowest BCUT2D eigenvalue weighted by Gasteiger charge is -2.20. The van der Waals surface area contributed by atoms with Crippen molar-refractivity contribution in [3.8, 4) is 11.5 Å². The van der Waals surface area contributed by atoms with Gasteiger partial charge in [-0.3, -0.25) is 10.0 Å². The van der Waals surface area contributed by atoms with Gasteiger partial charge in [0.15, 0.2) is 23.2 Å².